The second-order valence-corrected chi connectivity index (χ2v) is 13.1. The molecule has 51 heavy (non-hydrogen) atoms. The highest BCUT2D eigenvalue weighted by molar-refractivity contribution is 6.21. The molecule has 3 nitrogen and oxygen atoms in total. The van der Waals surface area contributed by atoms with E-state index in [4.69, 9.17) is 9.97 Å². The Balaban J connectivity index is 1.18. The van der Waals surface area contributed by atoms with Gasteiger partial charge in [-0.1, -0.05) is 152 Å². The van der Waals surface area contributed by atoms with Crippen LogP contribution in [0.1, 0.15) is 0 Å². The standard InChI is InChI=1S/C48H31N3/c1-4-12-32(13-5-1)37-23-20-33-21-24-38(29-40(33)28-37)39-25-22-34-26-27-45-47(42(34)30-39)41-18-10-11-19-44(41)51(45)46-31-43(35-14-6-2-7-15-35)49-48(50-46)36-16-8-3-9-17-36/h1-31H. The Morgan fingerprint density at radius 2 is 0.902 bits per heavy atom. The van der Waals surface area contributed by atoms with Gasteiger partial charge >= 0.3 is 0 Å². The largest absolute Gasteiger partial charge is 0.294 e. The zero-order valence-electron chi connectivity index (χ0n) is 27.7. The van der Waals surface area contributed by atoms with E-state index in [0.29, 0.717) is 5.82 Å². The lowest BCUT2D eigenvalue weighted by molar-refractivity contribution is 1.05. The maximum Gasteiger partial charge on any atom is 0.162 e. The van der Waals surface area contributed by atoms with Crippen molar-refractivity contribution in [2.24, 2.45) is 0 Å². The smallest absolute Gasteiger partial charge is 0.162 e. The van der Waals surface area contributed by atoms with E-state index in [1.54, 1.807) is 0 Å². The van der Waals surface area contributed by atoms with Gasteiger partial charge in [-0.25, -0.2) is 9.97 Å². The lowest BCUT2D eigenvalue weighted by Gasteiger charge is -2.12. The first kappa shape index (κ1) is 29.1. The Bertz CT molecular complexity index is 2830. The van der Waals surface area contributed by atoms with Crippen LogP contribution in [-0.4, -0.2) is 14.5 Å². The summed E-state index contributed by atoms with van der Waals surface area (Å²) in [6, 6.07) is 66.9. The molecule has 0 aliphatic carbocycles. The van der Waals surface area contributed by atoms with Gasteiger partial charge in [-0.2, -0.15) is 0 Å². The van der Waals surface area contributed by atoms with Crippen LogP contribution in [0, 0.1) is 0 Å². The van der Waals surface area contributed by atoms with Crippen molar-refractivity contribution < 1.29 is 0 Å². The van der Waals surface area contributed by atoms with Gasteiger partial charge in [0.15, 0.2) is 5.82 Å². The first-order valence-electron chi connectivity index (χ1n) is 17.3. The van der Waals surface area contributed by atoms with Crippen LogP contribution >= 0.6 is 0 Å². The molecule has 0 amide bonds. The topological polar surface area (TPSA) is 30.7 Å². The van der Waals surface area contributed by atoms with E-state index in [2.05, 4.69) is 168 Å². The van der Waals surface area contributed by atoms with Crippen LogP contribution in [0.2, 0.25) is 0 Å². The van der Waals surface area contributed by atoms with E-state index in [1.165, 1.54) is 54.6 Å². The van der Waals surface area contributed by atoms with Crippen molar-refractivity contribution in [3.63, 3.8) is 0 Å². The Morgan fingerprint density at radius 3 is 1.63 bits per heavy atom. The Labute approximate surface area is 295 Å². The van der Waals surface area contributed by atoms with Crippen LogP contribution in [0.25, 0.3) is 94.1 Å². The van der Waals surface area contributed by atoms with Crippen molar-refractivity contribution in [1.82, 2.24) is 14.5 Å². The van der Waals surface area contributed by atoms with Crippen LogP contribution in [-0.2, 0) is 0 Å². The number of para-hydroxylation sites is 1. The van der Waals surface area contributed by atoms with E-state index in [1.807, 2.05) is 24.3 Å². The monoisotopic (exact) mass is 649 g/mol. The van der Waals surface area contributed by atoms with E-state index in [0.717, 1.165) is 33.7 Å². The zero-order valence-corrected chi connectivity index (χ0v) is 27.7. The number of hydrogen-bond donors (Lipinski definition) is 0. The maximum absolute atomic E-state index is 5.23. The third-order valence-electron chi connectivity index (χ3n) is 9.98. The summed E-state index contributed by atoms with van der Waals surface area (Å²) in [5, 5.41) is 7.31. The lowest BCUT2D eigenvalue weighted by atomic mass is 9.95. The van der Waals surface area contributed by atoms with E-state index in [9.17, 15) is 0 Å². The molecule has 0 fully saturated rings. The SMILES string of the molecule is c1ccc(-c2ccc3ccc(-c4ccc5ccc6c(c5c4)c4ccccc4n6-c4cc(-c5ccccc5)nc(-c5ccccc5)n4)cc3c2)cc1. The van der Waals surface area contributed by atoms with Gasteiger partial charge in [0.2, 0.25) is 0 Å². The molecule has 10 aromatic rings. The molecule has 0 aliphatic heterocycles. The molecule has 0 atom stereocenters. The minimum atomic E-state index is 0.702. The normalized spacial score (nSPS) is 11.5. The van der Waals surface area contributed by atoms with Gasteiger partial charge < -0.3 is 0 Å². The second-order valence-electron chi connectivity index (χ2n) is 13.1. The Kier molecular flexibility index (Phi) is 6.81. The number of fused-ring (bicyclic) bond motifs is 6. The number of hydrogen-bond acceptors (Lipinski definition) is 2. The van der Waals surface area contributed by atoms with Crippen LogP contribution in [0.5, 0.6) is 0 Å². The minimum Gasteiger partial charge on any atom is -0.294 e. The van der Waals surface area contributed by atoms with Gasteiger partial charge in [0.25, 0.3) is 0 Å². The fraction of sp³-hybridized carbons (Fsp3) is 0. The van der Waals surface area contributed by atoms with Crippen molar-refractivity contribution >= 4 is 43.4 Å². The highest BCUT2D eigenvalue weighted by Crippen LogP contribution is 2.39. The zero-order chi connectivity index (χ0) is 33.7. The molecule has 238 valence electrons. The maximum atomic E-state index is 5.23. The Hall–Kier alpha value is -6.84. The number of rotatable bonds is 5. The molecule has 0 saturated heterocycles. The van der Waals surface area contributed by atoms with Gasteiger partial charge in [0, 0.05) is 28.0 Å². The van der Waals surface area contributed by atoms with Crippen molar-refractivity contribution in [3.05, 3.63) is 188 Å². The van der Waals surface area contributed by atoms with Crippen LogP contribution in [0.4, 0.5) is 0 Å². The van der Waals surface area contributed by atoms with Crippen molar-refractivity contribution in [3.8, 4) is 50.7 Å². The van der Waals surface area contributed by atoms with Gasteiger partial charge in [-0.15, -0.1) is 0 Å². The molecule has 0 saturated carbocycles. The molecule has 0 aliphatic rings. The second kappa shape index (κ2) is 11.9. The molecular weight excluding hydrogens is 619 g/mol. The summed E-state index contributed by atoms with van der Waals surface area (Å²) in [5.41, 5.74) is 10.0. The molecule has 0 N–H and O–H groups in total. The average molecular weight is 650 g/mol. The van der Waals surface area contributed by atoms with Crippen molar-refractivity contribution in [2.75, 3.05) is 0 Å². The number of benzene rings is 8. The van der Waals surface area contributed by atoms with Crippen LogP contribution < -0.4 is 0 Å². The molecular formula is C48H31N3. The predicted octanol–water partition coefficient (Wildman–Crippen LogP) is 12.5. The number of nitrogens with zero attached hydrogens (tertiary/aromatic N) is 3. The van der Waals surface area contributed by atoms with E-state index < -0.39 is 0 Å². The quantitative estimate of drug-likeness (QED) is 0.186. The molecule has 0 bridgehead atoms. The first-order chi connectivity index (χ1) is 25.3. The molecule has 2 heterocycles. The highest BCUT2D eigenvalue weighted by atomic mass is 15.1. The highest BCUT2D eigenvalue weighted by Gasteiger charge is 2.18. The third kappa shape index (κ3) is 5.06. The predicted molar refractivity (Wildman–Crippen MR) is 213 cm³/mol. The van der Waals surface area contributed by atoms with Gasteiger partial charge in [-0.05, 0) is 74.1 Å². The molecule has 0 radical (unpaired) electrons. The third-order valence-corrected chi connectivity index (χ3v) is 9.98. The van der Waals surface area contributed by atoms with E-state index >= 15 is 0 Å². The van der Waals surface area contributed by atoms with Crippen molar-refractivity contribution in [2.45, 2.75) is 0 Å². The lowest BCUT2D eigenvalue weighted by Crippen LogP contribution is -2.02. The fourth-order valence-corrected chi connectivity index (χ4v) is 7.47. The molecule has 0 unspecified atom stereocenters. The summed E-state index contributed by atoms with van der Waals surface area (Å²) in [7, 11) is 0. The molecule has 10 rings (SSSR count). The van der Waals surface area contributed by atoms with Crippen molar-refractivity contribution in [1.29, 1.82) is 0 Å². The summed E-state index contributed by atoms with van der Waals surface area (Å²) in [6.07, 6.45) is 0. The minimum absolute atomic E-state index is 0.702. The summed E-state index contributed by atoms with van der Waals surface area (Å²) >= 11 is 0. The fourth-order valence-electron chi connectivity index (χ4n) is 7.47. The number of aromatic nitrogens is 3. The summed E-state index contributed by atoms with van der Waals surface area (Å²) in [6.45, 7) is 0. The first-order valence-corrected chi connectivity index (χ1v) is 17.3. The van der Waals surface area contributed by atoms with Gasteiger partial charge in [-0.3, -0.25) is 4.57 Å². The average Bonchev–Trinajstić information content (AvgIpc) is 3.56. The van der Waals surface area contributed by atoms with Crippen LogP contribution in [0.3, 0.4) is 0 Å². The molecule has 0 spiro atoms. The van der Waals surface area contributed by atoms with Gasteiger partial charge in [0.05, 0.1) is 16.7 Å². The summed E-state index contributed by atoms with van der Waals surface area (Å²) in [4.78, 5) is 10.3. The van der Waals surface area contributed by atoms with E-state index in [-0.39, 0.29) is 0 Å². The summed E-state index contributed by atoms with van der Waals surface area (Å²) < 4.78 is 2.30. The van der Waals surface area contributed by atoms with Gasteiger partial charge in [0.1, 0.15) is 5.82 Å². The molecule has 8 aromatic carbocycles. The molecule has 3 heteroatoms. The van der Waals surface area contributed by atoms with Crippen LogP contribution in [0.15, 0.2) is 188 Å². The Morgan fingerprint density at radius 1 is 0.333 bits per heavy atom. The summed E-state index contributed by atoms with van der Waals surface area (Å²) in [5.74, 6) is 1.54. The molecule has 2 aromatic heterocycles.